The van der Waals surface area contributed by atoms with E-state index in [1.54, 1.807) is 0 Å². The molecule has 0 saturated heterocycles. The van der Waals surface area contributed by atoms with Crippen LogP contribution in [-0.2, 0) is 0 Å². The van der Waals surface area contributed by atoms with Crippen LogP contribution in [0.3, 0.4) is 0 Å². The van der Waals surface area contributed by atoms with E-state index >= 15 is 0 Å². The fourth-order valence-corrected chi connectivity index (χ4v) is 3.03. The van der Waals surface area contributed by atoms with Gasteiger partial charge in [-0.2, -0.15) is 0 Å². The van der Waals surface area contributed by atoms with Crippen LogP contribution in [0.2, 0.25) is 0 Å². The van der Waals surface area contributed by atoms with Crippen molar-refractivity contribution in [1.29, 1.82) is 0 Å². The first-order valence-electron chi connectivity index (χ1n) is 6.86. The lowest BCUT2D eigenvalue weighted by Gasteiger charge is -2.21. The van der Waals surface area contributed by atoms with Crippen LogP contribution >= 0.6 is 0 Å². The molecule has 104 valence electrons. The molecule has 1 aromatic carbocycles. The molecule has 0 aromatic heterocycles. The minimum absolute atomic E-state index is 0.0327. The van der Waals surface area contributed by atoms with Gasteiger partial charge in [0.05, 0.1) is 0 Å². The molecule has 2 rings (SSSR count). The Morgan fingerprint density at radius 1 is 1.32 bits per heavy atom. The van der Waals surface area contributed by atoms with E-state index in [1.807, 2.05) is 0 Å². The number of amides is 1. The number of phenols is 2. The monoisotopic (exact) mass is 263 g/mol. The average Bonchev–Trinajstić information content (AvgIpc) is 2.70. The zero-order valence-corrected chi connectivity index (χ0v) is 11.4. The molecular formula is C15H21NO3. The van der Waals surface area contributed by atoms with Gasteiger partial charge in [-0.3, -0.25) is 4.79 Å². The molecule has 1 aliphatic carbocycles. The van der Waals surface area contributed by atoms with Crippen molar-refractivity contribution in [3.8, 4) is 11.5 Å². The van der Waals surface area contributed by atoms with Crippen LogP contribution in [0.15, 0.2) is 18.2 Å². The Morgan fingerprint density at radius 3 is 2.47 bits per heavy atom. The predicted molar refractivity (Wildman–Crippen MR) is 73.2 cm³/mol. The summed E-state index contributed by atoms with van der Waals surface area (Å²) < 4.78 is 0. The zero-order chi connectivity index (χ0) is 14.0. The summed E-state index contributed by atoms with van der Waals surface area (Å²) in [5, 5.41) is 22.3. The highest BCUT2D eigenvalue weighted by atomic mass is 16.3. The number of nitrogens with one attached hydrogen (secondary N) is 1. The molecule has 1 aromatic rings. The Balaban J connectivity index is 2.10. The standard InChI is InChI=1S/C15H21NO3/c1-3-10-7-8-11(9(10)2)16-15(19)14-12(17)5-4-6-13(14)18/h4-6,9-11,17-18H,3,7-8H2,1-2H3,(H,16,19). The topological polar surface area (TPSA) is 69.6 Å². The van der Waals surface area contributed by atoms with Gasteiger partial charge in [0, 0.05) is 6.04 Å². The lowest BCUT2D eigenvalue weighted by Crippen LogP contribution is -2.37. The maximum Gasteiger partial charge on any atom is 0.259 e. The molecular weight excluding hydrogens is 242 g/mol. The van der Waals surface area contributed by atoms with Crippen LogP contribution in [-0.4, -0.2) is 22.2 Å². The zero-order valence-electron chi connectivity index (χ0n) is 11.4. The van der Waals surface area contributed by atoms with Gasteiger partial charge in [0.25, 0.3) is 5.91 Å². The van der Waals surface area contributed by atoms with Crippen LogP contribution in [0.1, 0.15) is 43.5 Å². The minimum atomic E-state index is -0.399. The number of benzene rings is 1. The fourth-order valence-electron chi connectivity index (χ4n) is 3.03. The molecule has 0 radical (unpaired) electrons. The van der Waals surface area contributed by atoms with E-state index in [4.69, 9.17) is 0 Å². The van der Waals surface area contributed by atoms with E-state index in [9.17, 15) is 15.0 Å². The van der Waals surface area contributed by atoms with Crippen LogP contribution in [0.4, 0.5) is 0 Å². The molecule has 0 spiro atoms. The Kier molecular flexibility index (Phi) is 3.98. The normalized spacial score (nSPS) is 26.3. The summed E-state index contributed by atoms with van der Waals surface area (Å²) >= 11 is 0. The third-order valence-electron chi connectivity index (χ3n) is 4.32. The van der Waals surface area contributed by atoms with Crippen molar-refractivity contribution in [1.82, 2.24) is 5.32 Å². The molecule has 1 fully saturated rings. The summed E-state index contributed by atoms with van der Waals surface area (Å²) in [6.07, 6.45) is 3.20. The van der Waals surface area contributed by atoms with Crippen LogP contribution < -0.4 is 5.32 Å². The smallest absolute Gasteiger partial charge is 0.259 e. The van der Waals surface area contributed by atoms with Gasteiger partial charge < -0.3 is 15.5 Å². The van der Waals surface area contributed by atoms with Gasteiger partial charge in [-0.15, -0.1) is 0 Å². The first kappa shape index (κ1) is 13.7. The largest absolute Gasteiger partial charge is 0.507 e. The fraction of sp³-hybridized carbons (Fsp3) is 0.533. The molecule has 0 heterocycles. The van der Waals surface area contributed by atoms with Gasteiger partial charge >= 0.3 is 0 Å². The molecule has 1 aliphatic rings. The number of hydrogen-bond donors (Lipinski definition) is 3. The second kappa shape index (κ2) is 5.51. The Labute approximate surface area is 113 Å². The molecule has 1 saturated carbocycles. The van der Waals surface area contributed by atoms with Crippen LogP contribution in [0.25, 0.3) is 0 Å². The number of carbonyl (C=O) groups is 1. The molecule has 0 bridgehead atoms. The van der Waals surface area contributed by atoms with Crippen molar-refractivity contribution in [2.75, 3.05) is 0 Å². The number of rotatable bonds is 3. The summed E-state index contributed by atoms with van der Waals surface area (Å²) in [5.74, 6) is 0.305. The van der Waals surface area contributed by atoms with E-state index in [0.717, 1.165) is 19.3 Å². The quantitative estimate of drug-likeness (QED) is 0.785. The van der Waals surface area contributed by atoms with E-state index in [0.29, 0.717) is 11.8 Å². The van der Waals surface area contributed by atoms with Crippen molar-refractivity contribution in [3.05, 3.63) is 23.8 Å². The van der Waals surface area contributed by atoms with Gasteiger partial charge in [0.15, 0.2) is 0 Å². The SMILES string of the molecule is CCC1CCC(NC(=O)c2c(O)cccc2O)C1C. The van der Waals surface area contributed by atoms with E-state index in [-0.39, 0.29) is 23.1 Å². The molecule has 19 heavy (non-hydrogen) atoms. The molecule has 3 N–H and O–H groups in total. The van der Waals surface area contributed by atoms with Crippen molar-refractivity contribution < 1.29 is 15.0 Å². The van der Waals surface area contributed by atoms with Gasteiger partial charge in [0.2, 0.25) is 0 Å². The van der Waals surface area contributed by atoms with E-state index < -0.39 is 5.91 Å². The highest BCUT2D eigenvalue weighted by Gasteiger charge is 2.33. The molecule has 3 atom stereocenters. The summed E-state index contributed by atoms with van der Waals surface area (Å²) in [4.78, 5) is 12.2. The lowest BCUT2D eigenvalue weighted by atomic mass is 9.93. The number of aromatic hydroxyl groups is 2. The highest BCUT2D eigenvalue weighted by Crippen LogP contribution is 2.34. The summed E-state index contributed by atoms with van der Waals surface area (Å²) in [6.45, 7) is 4.32. The van der Waals surface area contributed by atoms with Gasteiger partial charge in [0.1, 0.15) is 17.1 Å². The minimum Gasteiger partial charge on any atom is -0.507 e. The van der Waals surface area contributed by atoms with E-state index in [2.05, 4.69) is 19.2 Å². The van der Waals surface area contributed by atoms with Crippen molar-refractivity contribution in [3.63, 3.8) is 0 Å². The predicted octanol–water partition coefficient (Wildman–Crippen LogP) is 2.65. The van der Waals surface area contributed by atoms with Gasteiger partial charge in [-0.1, -0.05) is 26.3 Å². The summed E-state index contributed by atoms with van der Waals surface area (Å²) in [5.41, 5.74) is -0.0327. The lowest BCUT2D eigenvalue weighted by molar-refractivity contribution is 0.0921. The Morgan fingerprint density at radius 2 is 1.95 bits per heavy atom. The molecule has 1 amide bonds. The highest BCUT2D eigenvalue weighted by molar-refractivity contribution is 5.99. The molecule has 4 heteroatoms. The van der Waals surface area contributed by atoms with Crippen molar-refractivity contribution in [2.24, 2.45) is 11.8 Å². The molecule has 0 aliphatic heterocycles. The summed E-state index contributed by atoms with van der Waals surface area (Å²) in [6, 6.07) is 4.44. The van der Waals surface area contributed by atoms with Crippen molar-refractivity contribution in [2.45, 2.75) is 39.2 Å². The summed E-state index contributed by atoms with van der Waals surface area (Å²) in [7, 11) is 0. The first-order chi connectivity index (χ1) is 9.04. The van der Waals surface area contributed by atoms with Crippen LogP contribution in [0, 0.1) is 11.8 Å². The van der Waals surface area contributed by atoms with Gasteiger partial charge in [-0.25, -0.2) is 0 Å². The molecule has 3 unspecified atom stereocenters. The van der Waals surface area contributed by atoms with Gasteiger partial charge in [-0.05, 0) is 36.8 Å². The maximum atomic E-state index is 12.2. The number of phenolic OH excluding ortho intramolecular Hbond substituents is 2. The number of hydrogen-bond acceptors (Lipinski definition) is 3. The van der Waals surface area contributed by atoms with Crippen LogP contribution in [0.5, 0.6) is 11.5 Å². The number of carbonyl (C=O) groups excluding carboxylic acids is 1. The van der Waals surface area contributed by atoms with E-state index in [1.165, 1.54) is 18.2 Å². The van der Waals surface area contributed by atoms with Crippen molar-refractivity contribution >= 4 is 5.91 Å². The first-order valence-corrected chi connectivity index (χ1v) is 6.86. The second-order valence-electron chi connectivity index (χ2n) is 5.36. The average molecular weight is 263 g/mol. The third-order valence-corrected chi connectivity index (χ3v) is 4.32. The maximum absolute atomic E-state index is 12.2. The second-order valence-corrected chi connectivity index (χ2v) is 5.36. The Bertz CT molecular complexity index is 452. The Hall–Kier alpha value is -1.71. The molecule has 4 nitrogen and oxygen atoms in total. The third kappa shape index (κ3) is 2.67.